The maximum Gasteiger partial charge on any atom is 0.0534 e. The Morgan fingerprint density at radius 2 is 1.78 bits per heavy atom. The van der Waals surface area contributed by atoms with Crippen molar-refractivity contribution in [3.8, 4) is 0 Å². The zero-order valence-corrected chi connectivity index (χ0v) is 12.6. The second-order valence-electron chi connectivity index (χ2n) is 5.90. The van der Waals surface area contributed by atoms with Gasteiger partial charge < -0.3 is 5.73 Å². The molecule has 0 radical (unpaired) electrons. The van der Waals surface area contributed by atoms with E-state index in [1.54, 1.807) is 0 Å². The molecule has 1 aliphatic heterocycles. The normalized spacial score (nSPS) is 25.7. The highest BCUT2D eigenvalue weighted by Gasteiger charge is 2.40. The van der Waals surface area contributed by atoms with Crippen molar-refractivity contribution in [1.29, 1.82) is 0 Å². The molecule has 1 aromatic carbocycles. The average molecular weight is 287 g/mol. The van der Waals surface area contributed by atoms with Gasteiger partial charge in [-0.2, -0.15) is 0 Å². The summed E-state index contributed by atoms with van der Waals surface area (Å²) >= 11 is 12.6. The highest BCUT2D eigenvalue weighted by molar-refractivity contribution is 6.36. The summed E-state index contributed by atoms with van der Waals surface area (Å²) in [6, 6.07) is 5.83. The van der Waals surface area contributed by atoms with E-state index in [2.05, 4.69) is 25.7 Å². The first-order valence-electron chi connectivity index (χ1n) is 6.28. The first-order chi connectivity index (χ1) is 8.32. The number of hydrogen-bond acceptors (Lipinski definition) is 2. The summed E-state index contributed by atoms with van der Waals surface area (Å²) in [7, 11) is 0. The molecule has 18 heavy (non-hydrogen) atoms. The van der Waals surface area contributed by atoms with Gasteiger partial charge in [-0.15, -0.1) is 0 Å². The Morgan fingerprint density at radius 3 is 2.28 bits per heavy atom. The topological polar surface area (TPSA) is 29.3 Å². The Hall–Kier alpha value is -0.280. The summed E-state index contributed by atoms with van der Waals surface area (Å²) in [6.45, 7) is 7.57. The molecule has 0 aliphatic carbocycles. The quantitative estimate of drug-likeness (QED) is 0.849. The molecular weight excluding hydrogens is 267 g/mol. The maximum absolute atomic E-state index is 6.32. The number of hydrogen-bond donors (Lipinski definition) is 1. The molecule has 0 aromatic heterocycles. The van der Waals surface area contributed by atoms with Crippen molar-refractivity contribution in [2.24, 2.45) is 5.73 Å². The standard InChI is InChI=1S/C14H20Cl2N2/c1-14(2,3)18-8-7-11(17)13(18)12-9(15)5-4-6-10(12)16/h4-6,11,13H,7-8,17H2,1-3H3. The largest absolute Gasteiger partial charge is 0.326 e. The molecule has 1 heterocycles. The van der Waals surface area contributed by atoms with Gasteiger partial charge in [-0.05, 0) is 39.3 Å². The van der Waals surface area contributed by atoms with Crippen LogP contribution >= 0.6 is 23.2 Å². The fourth-order valence-electron chi connectivity index (χ4n) is 2.73. The molecule has 1 aromatic rings. The highest BCUT2D eigenvalue weighted by atomic mass is 35.5. The lowest BCUT2D eigenvalue weighted by Crippen LogP contribution is -2.43. The van der Waals surface area contributed by atoms with Crippen LogP contribution in [0.5, 0.6) is 0 Å². The molecule has 0 bridgehead atoms. The van der Waals surface area contributed by atoms with Crippen LogP contribution in [0.3, 0.4) is 0 Å². The van der Waals surface area contributed by atoms with Gasteiger partial charge in [-0.3, -0.25) is 4.90 Å². The Labute approximate surface area is 119 Å². The summed E-state index contributed by atoms with van der Waals surface area (Å²) in [6.07, 6.45) is 0.976. The van der Waals surface area contributed by atoms with E-state index < -0.39 is 0 Å². The second-order valence-corrected chi connectivity index (χ2v) is 6.71. The molecule has 2 nitrogen and oxygen atoms in total. The van der Waals surface area contributed by atoms with Gasteiger partial charge in [0.1, 0.15) is 0 Å². The monoisotopic (exact) mass is 286 g/mol. The van der Waals surface area contributed by atoms with Crippen molar-refractivity contribution in [3.63, 3.8) is 0 Å². The van der Waals surface area contributed by atoms with Crippen molar-refractivity contribution < 1.29 is 0 Å². The molecule has 4 heteroatoms. The van der Waals surface area contributed by atoms with Gasteiger partial charge in [-0.1, -0.05) is 29.3 Å². The molecule has 2 N–H and O–H groups in total. The van der Waals surface area contributed by atoms with Crippen LogP contribution < -0.4 is 5.73 Å². The van der Waals surface area contributed by atoms with Gasteiger partial charge in [-0.25, -0.2) is 0 Å². The van der Waals surface area contributed by atoms with Crippen LogP contribution in [-0.4, -0.2) is 23.0 Å². The summed E-state index contributed by atoms with van der Waals surface area (Å²) in [4.78, 5) is 2.39. The lowest BCUT2D eigenvalue weighted by Gasteiger charge is -2.38. The number of nitrogens with two attached hydrogens (primary N) is 1. The van der Waals surface area contributed by atoms with E-state index in [4.69, 9.17) is 28.9 Å². The summed E-state index contributed by atoms with van der Waals surface area (Å²) in [5.74, 6) is 0. The molecule has 2 atom stereocenters. The second kappa shape index (κ2) is 5.01. The molecule has 0 spiro atoms. The van der Waals surface area contributed by atoms with Gasteiger partial charge in [0.15, 0.2) is 0 Å². The number of nitrogens with zero attached hydrogens (tertiary/aromatic N) is 1. The molecule has 0 amide bonds. The van der Waals surface area contributed by atoms with E-state index in [1.165, 1.54) is 0 Å². The minimum atomic E-state index is 0.0568. The van der Waals surface area contributed by atoms with Gasteiger partial charge >= 0.3 is 0 Å². The SMILES string of the molecule is CC(C)(C)N1CCC(N)C1c1c(Cl)cccc1Cl. The smallest absolute Gasteiger partial charge is 0.0534 e. The van der Waals surface area contributed by atoms with Gasteiger partial charge in [0.2, 0.25) is 0 Å². The predicted octanol–water partition coefficient (Wildman–Crippen LogP) is 3.87. The molecule has 1 saturated heterocycles. The predicted molar refractivity (Wildman–Crippen MR) is 78.3 cm³/mol. The number of halogens is 2. The average Bonchev–Trinajstić information content (AvgIpc) is 2.60. The Morgan fingerprint density at radius 1 is 1.22 bits per heavy atom. The number of likely N-dealkylation sites (tertiary alicyclic amines) is 1. The van der Waals surface area contributed by atoms with Crippen LogP contribution in [0.4, 0.5) is 0 Å². The summed E-state index contributed by atoms with van der Waals surface area (Å²) < 4.78 is 0. The Kier molecular flexibility index (Phi) is 3.93. The molecule has 2 unspecified atom stereocenters. The third-order valence-corrected chi connectivity index (χ3v) is 4.26. The Balaban J connectivity index is 2.47. The van der Waals surface area contributed by atoms with Gasteiger partial charge in [0, 0.05) is 33.7 Å². The van der Waals surface area contributed by atoms with E-state index >= 15 is 0 Å². The van der Waals surface area contributed by atoms with Crippen LogP contribution in [0.25, 0.3) is 0 Å². The van der Waals surface area contributed by atoms with Crippen molar-refractivity contribution in [2.45, 2.75) is 44.8 Å². The van der Waals surface area contributed by atoms with E-state index in [0.717, 1.165) is 18.5 Å². The van der Waals surface area contributed by atoms with Crippen LogP contribution in [0.15, 0.2) is 18.2 Å². The minimum absolute atomic E-state index is 0.0568. The van der Waals surface area contributed by atoms with E-state index in [9.17, 15) is 0 Å². The van der Waals surface area contributed by atoms with Crippen molar-refractivity contribution in [3.05, 3.63) is 33.8 Å². The van der Waals surface area contributed by atoms with Crippen molar-refractivity contribution in [2.75, 3.05) is 6.54 Å². The lowest BCUT2D eigenvalue weighted by molar-refractivity contribution is 0.117. The van der Waals surface area contributed by atoms with Crippen LogP contribution in [-0.2, 0) is 0 Å². The maximum atomic E-state index is 6.32. The summed E-state index contributed by atoms with van der Waals surface area (Å²) in [5.41, 5.74) is 7.31. The van der Waals surface area contributed by atoms with Crippen molar-refractivity contribution in [1.82, 2.24) is 4.90 Å². The number of rotatable bonds is 1. The van der Waals surface area contributed by atoms with Crippen LogP contribution in [0.1, 0.15) is 38.8 Å². The highest BCUT2D eigenvalue weighted by Crippen LogP contribution is 2.42. The number of benzene rings is 1. The zero-order valence-electron chi connectivity index (χ0n) is 11.1. The van der Waals surface area contributed by atoms with Gasteiger partial charge in [0.05, 0.1) is 6.04 Å². The third-order valence-electron chi connectivity index (χ3n) is 3.60. The Bertz CT molecular complexity index is 420. The first-order valence-corrected chi connectivity index (χ1v) is 7.04. The zero-order chi connectivity index (χ0) is 13.5. The van der Waals surface area contributed by atoms with Crippen molar-refractivity contribution >= 4 is 23.2 Å². The molecule has 100 valence electrons. The summed E-state index contributed by atoms with van der Waals surface area (Å²) in [5, 5.41) is 1.42. The van der Waals surface area contributed by atoms with Crippen LogP contribution in [0, 0.1) is 0 Å². The minimum Gasteiger partial charge on any atom is -0.326 e. The fourth-order valence-corrected chi connectivity index (χ4v) is 3.35. The fraction of sp³-hybridized carbons (Fsp3) is 0.571. The van der Waals surface area contributed by atoms with Gasteiger partial charge in [0.25, 0.3) is 0 Å². The molecule has 2 rings (SSSR count). The molecule has 0 saturated carbocycles. The van der Waals surface area contributed by atoms with Crippen LogP contribution in [0.2, 0.25) is 10.0 Å². The van der Waals surface area contributed by atoms with E-state index in [1.807, 2.05) is 18.2 Å². The molecule has 1 fully saturated rings. The van der Waals surface area contributed by atoms with E-state index in [-0.39, 0.29) is 17.6 Å². The first kappa shape index (κ1) is 14.1. The third kappa shape index (κ3) is 2.53. The molecule has 1 aliphatic rings. The van der Waals surface area contributed by atoms with E-state index in [0.29, 0.717) is 10.0 Å². The molecular formula is C14H20Cl2N2. The lowest BCUT2D eigenvalue weighted by atomic mass is 9.97.